The Morgan fingerprint density at radius 3 is 2.19 bits per heavy atom. The molecule has 2 heteroatoms. The second kappa shape index (κ2) is 14.0. The number of hydrogen-bond donors (Lipinski definition) is 0. The van der Waals surface area contributed by atoms with Crippen molar-refractivity contribution in [2.45, 2.75) is 128 Å². The van der Waals surface area contributed by atoms with Gasteiger partial charge in [0.25, 0.3) is 0 Å². The zero-order chi connectivity index (χ0) is 20.1. The molecule has 0 aromatic heterocycles. The van der Waals surface area contributed by atoms with Gasteiger partial charge >= 0.3 is 177 Å². The molecular weight excluding hydrogens is 395 g/mol. The molecule has 0 radical (unpaired) electrons. The van der Waals surface area contributed by atoms with Gasteiger partial charge in [-0.25, -0.2) is 0 Å². The first-order chi connectivity index (χ1) is 12.9. The topological polar surface area (TPSA) is 17.1 Å². The molecule has 2 unspecified atom stereocenters. The predicted molar refractivity (Wildman–Crippen MR) is 122 cm³/mol. The fourth-order valence-electron chi connectivity index (χ4n) is 4.57. The van der Waals surface area contributed by atoms with Crippen molar-refractivity contribution < 1.29 is 4.79 Å². The molecule has 1 aliphatic rings. The van der Waals surface area contributed by atoms with E-state index in [0.29, 0.717) is 25.6 Å². The number of allylic oxidation sites excluding steroid dienone is 2. The summed E-state index contributed by atoms with van der Waals surface area (Å²) in [4.78, 5) is 13.5. The normalized spacial score (nSPS) is 20.3. The van der Waals surface area contributed by atoms with Crippen LogP contribution in [0.1, 0.15) is 118 Å². The van der Waals surface area contributed by atoms with E-state index in [-0.39, 0.29) is 11.3 Å². The molecule has 27 heavy (non-hydrogen) atoms. The zero-order valence-corrected chi connectivity index (χ0v) is 20.7. The molecule has 1 aliphatic carbocycles. The van der Waals surface area contributed by atoms with E-state index < -0.39 is 0 Å². The molecule has 0 spiro atoms. The van der Waals surface area contributed by atoms with Crippen molar-refractivity contribution in [1.29, 1.82) is 0 Å². The molecule has 0 saturated carbocycles. The molecule has 2 atom stereocenters. The standard InChI is InChI=1S/C25H46OSe/c1-6-7-8-9-10-11-12-13-14-15-19-27-22(3)20-23(26)24-21(2)17-16-18-25(24,4)5/h17,22,24H,6-16,18-20H2,1-5H3. The van der Waals surface area contributed by atoms with Crippen LogP contribution >= 0.6 is 0 Å². The summed E-state index contributed by atoms with van der Waals surface area (Å²) in [5.41, 5.74) is 1.48. The van der Waals surface area contributed by atoms with Gasteiger partial charge in [0.15, 0.2) is 0 Å². The van der Waals surface area contributed by atoms with Crippen molar-refractivity contribution in [2.24, 2.45) is 11.3 Å². The van der Waals surface area contributed by atoms with Crippen molar-refractivity contribution >= 4 is 20.7 Å². The third-order valence-electron chi connectivity index (χ3n) is 6.20. The summed E-state index contributed by atoms with van der Waals surface area (Å²) >= 11 is 0.631. The van der Waals surface area contributed by atoms with E-state index in [2.05, 4.69) is 40.7 Å². The maximum atomic E-state index is 12.9. The van der Waals surface area contributed by atoms with Gasteiger partial charge in [0, 0.05) is 0 Å². The molecule has 0 N–H and O–H groups in total. The molecule has 0 heterocycles. The fourth-order valence-corrected chi connectivity index (χ4v) is 6.79. The molecule has 1 nitrogen and oxygen atoms in total. The van der Waals surface area contributed by atoms with Gasteiger partial charge in [-0.2, -0.15) is 0 Å². The number of rotatable bonds is 15. The molecule has 1 rings (SSSR count). The second-order valence-electron chi connectivity index (χ2n) is 9.44. The van der Waals surface area contributed by atoms with Gasteiger partial charge in [-0.1, -0.05) is 0 Å². The first-order valence-electron chi connectivity index (χ1n) is 11.7. The third kappa shape index (κ3) is 10.3. The molecule has 158 valence electrons. The van der Waals surface area contributed by atoms with Crippen molar-refractivity contribution in [1.82, 2.24) is 0 Å². The maximum absolute atomic E-state index is 12.9. The van der Waals surface area contributed by atoms with Crippen LogP contribution in [0.3, 0.4) is 0 Å². The number of hydrogen-bond acceptors (Lipinski definition) is 1. The second-order valence-corrected chi connectivity index (χ2v) is 12.7. The number of Topliss-reactive ketones (excluding diaryl/α,β-unsaturated/α-hetero) is 1. The molecule has 0 amide bonds. The summed E-state index contributed by atoms with van der Waals surface area (Å²) in [6.07, 6.45) is 19.5. The molecule has 0 fully saturated rings. The Hall–Kier alpha value is -0.0705. The first-order valence-corrected chi connectivity index (χ1v) is 13.9. The van der Waals surface area contributed by atoms with E-state index in [1.54, 1.807) is 0 Å². The van der Waals surface area contributed by atoms with E-state index in [1.807, 2.05) is 0 Å². The van der Waals surface area contributed by atoms with Crippen molar-refractivity contribution in [3.05, 3.63) is 11.6 Å². The van der Waals surface area contributed by atoms with Crippen LogP contribution in [0.25, 0.3) is 0 Å². The van der Waals surface area contributed by atoms with Gasteiger partial charge in [-0.3, -0.25) is 0 Å². The Labute approximate surface area is 176 Å². The summed E-state index contributed by atoms with van der Waals surface area (Å²) in [5.74, 6) is 0.674. The minimum absolute atomic E-state index is 0.152. The van der Waals surface area contributed by atoms with Gasteiger partial charge in [-0.05, 0) is 0 Å². The molecule has 0 saturated heterocycles. The van der Waals surface area contributed by atoms with Gasteiger partial charge in [-0.15, -0.1) is 0 Å². The summed E-state index contributed by atoms with van der Waals surface area (Å²) in [7, 11) is 0. The zero-order valence-electron chi connectivity index (χ0n) is 18.9. The number of unbranched alkanes of at least 4 members (excludes halogenated alkanes) is 9. The van der Waals surface area contributed by atoms with Gasteiger partial charge in [0.05, 0.1) is 0 Å². The number of carbonyl (C=O) groups is 1. The van der Waals surface area contributed by atoms with Gasteiger partial charge in [0.2, 0.25) is 0 Å². The summed E-state index contributed by atoms with van der Waals surface area (Å²) in [6.45, 7) is 11.3. The molecule has 0 aromatic rings. The van der Waals surface area contributed by atoms with Crippen LogP contribution in [0.15, 0.2) is 11.6 Å². The van der Waals surface area contributed by atoms with Crippen molar-refractivity contribution in [2.75, 3.05) is 0 Å². The number of carbonyl (C=O) groups excluding carboxylic acids is 1. The van der Waals surface area contributed by atoms with Gasteiger partial charge in [0.1, 0.15) is 0 Å². The van der Waals surface area contributed by atoms with E-state index in [1.165, 1.54) is 75.1 Å². The van der Waals surface area contributed by atoms with E-state index in [4.69, 9.17) is 0 Å². The van der Waals surface area contributed by atoms with Crippen LogP contribution < -0.4 is 0 Å². The first kappa shape index (κ1) is 25.0. The molecule has 0 bridgehead atoms. The SMILES string of the molecule is CCCCCCCCCCCC[Se]C(C)CC(=O)C1C(C)=CCCC1(C)C. The van der Waals surface area contributed by atoms with Crippen molar-refractivity contribution in [3.8, 4) is 0 Å². The average Bonchev–Trinajstić information content (AvgIpc) is 2.58. The van der Waals surface area contributed by atoms with E-state index in [9.17, 15) is 4.79 Å². The van der Waals surface area contributed by atoms with Crippen LogP contribution in [0.5, 0.6) is 0 Å². The average molecular weight is 442 g/mol. The molecular formula is C25H46OSe. The third-order valence-corrected chi connectivity index (χ3v) is 8.85. The quantitative estimate of drug-likeness (QED) is 0.142. The fraction of sp³-hybridized carbons (Fsp3) is 0.880. The Bertz CT molecular complexity index is 438. The van der Waals surface area contributed by atoms with E-state index in [0.717, 1.165) is 19.3 Å². The Morgan fingerprint density at radius 1 is 1.07 bits per heavy atom. The Balaban J connectivity index is 2.08. The van der Waals surface area contributed by atoms with Crippen LogP contribution in [-0.2, 0) is 4.79 Å². The summed E-state index contributed by atoms with van der Waals surface area (Å²) in [5, 5.41) is 1.36. The number of ketones is 1. The predicted octanol–water partition coefficient (Wildman–Crippen LogP) is 8.18. The Morgan fingerprint density at radius 2 is 1.63 bits per heavy atom. The Kier molecular flexibility index (Phi) is 12.9. The van der Waals surface area contributed by atoms with Crippen LogP contribution in [0.2, 0.25) is 10.1 Å². The van der Waals surface area contributed by atoms with Crippen molar-refractivity contribution in [3.63, 3.8) is 0 Å². The molecule has 0 aromatic carbocycles. The molecule has 0 aliphatic heterocycles. The van der Waals surface area contributed by atoms with E-state index >= 15 is 0 Å². The van der Waals surface area contributed by atoms with Crippen LogP contribution in [0.4, 0.5) is 0 Å². The van der Waals surface area contributed by atoms with Gasteiger partial charge < -0.3 is 0 Å². The summed E-state index contributed by atoms with van der Waals surface area (Å²) < 4.78 is 0. The summed E-state index contributed by atoms with van der Waals surface area (Å²) in [6, 6.07) is 0. The minimum atomic E-state index is 0.152. The van der Waals surface area contributed by atoms with Crippen LogP contribution in [-0.4, -0.2) is 20.7 Å². The van der Waals surface area contributed by atoms with Crippen LogP contribution in [0, 0.1) is 11.3 Å². The monoisotopic (exact) mass is 442 g/mol.